The molecule has 0 bridgehead atoms. The van der Waals surface area contributed by atoms with Crippen molar-refractivity contribution in [3.63, 3.8) is 0 Å². The molecule has 12 heteroatoms. The van der Waals surface area contributed by atoms with Crippen molar-refractivity contribution in [1.82, 2.24) is 25.3 Å². The molecule has 0 atom stereocenters. The van der Waals surface area contributed by atoms with Crippen LogP contribution in [0, 0.1) is 5.92 Å². The average molecular weight is 437 g/mol. The lowest BCUT2D eigenvalue weighted by molar-refractivity contribution is -0.120. The van der Waals surface area contributed by atoms with E-state index in [0.29, 0.717) is 53.9 Å². The number of rotatable bonds is 5. The molecule has 0 radical (unpaired) electrons. The molecule has 1 aromatic carbocycles. The molecular formula is C18H18F3N7OS. The van der Waals surface area contributed by atoms with E-state index < -0.39 is 11.9 Å². The fourth-order valence-electron chi connectivity index (χ4n) is 3.27. The molecule has 1 saturated heterocycles. The van der Waals surface area contributed by atoms with Crippen LogP contribution in [-0.4, -0.2) is 56.2 Å². The number of benzene rings is 1. The summed E-state index contributed by atoms with van der Waals surface area (Å²) in [5, 5.41) is 18.3. The third kappa shape index (κ3) is 4.81. The average Bonchev–Trinajstić information content (AvgIpc) is 3.20. The Kier molecular flexibility index (Phi) is 5.75. The van der Waals surface area contributed by atoms with E-state index in [4.69, 9.17) is 0 Å². The number of halogens is 3. The van der Waals surface area contributed by atoms with E-state index in [2.05, 4.69) is 30.8 Å². The van der Waals surface area contributed by atoms with Gasteiger partial charge in [0.15, 0.2) is 11.5 Å². The van der Waals surface area contributed by atoms with Crippen molar-refractivity contribution < 1.29 is 18.0 Å². The molecule has 3 aromatic rings. The molecule has 1 amide bonds. The fraction of sp³-hybridized carbons (Fsp3) is 0.389. The number of carbonyl (C=O) groups excluding carboxylic acids is 1. The number of nitrogens with zero attached hydrogens (tertiary/aromatic N) is 6. The highest BCUT2D eigenvalue weighted by Gasteiger charge is 2.29. The molecule has 2 aromatic heterocycles. The number of para-hydroxylation sites is 1. The normalized spacial score (nSPS) is 15.5. The van der Waals surface area contributed by atoms with Gasteiger partial charge in [0.2, 0.25) is 5.91 Å². The number of nitrogens with one attached hydrogen (secondary N) is 1. The molecule has 3 heterocycles. The van der Waals surface area contributed by atoms with Gasteiger partial charge in [0.1, 0.15) is 0 Å². The van der Waals surface area contributed by atoms with Crippen LogP contribution in [0.3, 0.4) is 0 Å². The van der Waals surface area contributed by atoms with Crippen molar-refractivity contribution >= 4 is 34.8 Å². The highest BCUT2D eigenvalue weighted by atomic mass is 32.2. The number of alkyl halides is 3. The number of aromatic nitrogens is 5. The van der Waals surface area contributed by atoms with Crippen LogP contribution >= 0.6 is 11.8 Å². The van der Waals surface area contributed by atoms with E-state index in [1.807, 2.05) is 6.07 Å². The highest BCUT2D eigenvalue weighted by Crippen LogP contribution is 2.33. The van der Waals surface area contributed by atoms with Gasteiger partial charge in [-0.25, -0.2) is 0 Å². The first-order valence-electron chi connectivity index (χ1n) is 9.29. The maximum Gasteiger partial charge on any atom is 0.398 e. The summed E-state index contributed by atoms with van der Waals surface area (Å²) >= 11 is 0.667. The Labute approximate surface area is 173 Å². The molecular weight excluding hydrogens is 419 g/mol. The zero-order valence-electron chi connectivity index (χ0n) is 15.7. The molecule has 0 unspecified atom stereocenters. The smallest absolute Gasteiger partial charge is 0.355 e. The Morgan fingerprint density at radius 3 is 2.70 bits per heavy atom. The van der Waals surface area contributed by atoms with Crippen LogP contribution in [0.5, 0.6) is 0 Å². The van der Waals surface area contributed by atoms with Crippen LogP contribution in [-0.2, 0) is 4.79 Å². The molecule has 4 rings (SSSR count). The summed E-state index contributed by atoms with van der Waals surface area (Å²) in [6.45, 7) is 1.26. The van der Waals surface area contributed by atoms with Gasteiger partial charge in [-0.05, 0) is 47.5 Å². The second kappa shape index (κ2) is 8.46. The topological polar surface area (TPSA) is 88.3 Å². The maximum absolute atomic E-state index is 12.7. The molecule has 1 N–H and O–H groups in total. The van der Waals surface area contributed by atoms with E-state index in [0.717, 1.165) is 5.82 Å². The van der Waals surface area contributed by atoms with Crippen molar-refractivity contribution in [3.8, 4) is 0 Å². The van der Waals surface area contributed by atoms with Gasteiger partial charge < -0.3 is 10.2 Å². The van der Waals surface area contributed by atoms with Crippen molar-refractivity contribution in [2.45, 2.75) is 23.9 Å². The van der Waals surface area contributed by atoms with E-state index >= 15 is 0 Å². The number of hydrogen-bond donors (Lipinski definition) is 1. The highest BCUT2D eigenvalue weighted by molar-refractivity contribution is 7.99. The van der Waals surface area contributed by atoms with E-state index in [-0.39, 0.29) is 11.8 Å². The monoisotopic (exact) mass is 437 g/mol. The number of tetrazole rings is 1. The fourth-order valence-corrected chi connectivity index (χ4v) is 4.04. The Morgan fingerprint density at radius 2 is 1.93 bits per heavy atom. The maximum atomic E-state index is 12.7. The first-order chi connectivity index (χ1) is 14.4. The second-order valence-corrected chi connectivity index (χ2v) is 7.89. The molecule has 30 heavy (non-hydrogen) atoms. The van der Waals surface area contributed by atoms with Gasteiger partial charge in [0.05, 0.1) is 11.4 Å². The van der Waals surface area contributed by atoms with Crippen LogP contribution in [0.25, 0.3) is 5.65 Å². The summed E-state index contributed by atoms with van der Waals surface area (Å²) in [5.41, 5.74) is 0.958. The van der Waals surface area contributed by atoms with Crippen LogP contribution in [0.1, 0.15) is 12.8 Å². The van der Waals surface area contributed by atoms with Crippen molar-refractivity contribution in [3.05, 3.63) is 36.4 Å². The predicted octanol–water partition coefficient (Wildman–Crippen LogP) is 3.03. The lowest BCUT2D eigenvalue weighted by Gasteiger charge is -2.32. The third-order valence-corrected chi connectivity index (χ3v) is 5.92. The minimum atomic E-state index is -4.27. The number of piperidine rings is 1. The van der Waals surface area contributed by atoms with Crippen molar-refractivity contribution in [2.75, 3.05) is 29.1 Å². The number of fused-ring (bicyclic) bond motifs is 1. The number of hydrogen-bond acceptors (Lipinski definition) is 7. The van der Waals surface area contributed by atoms with E-state index in [1.165, 1.54) is 4.63 Å². The van der Waals surface area contributed by atoms with Gasteiger partial charge in [-0.1, -0.05) is 12.1 Å². The van der Waals surface area contributed by atoms with Gasteiger partial charge in [0.25, 0.3) is 0 Å². The zero-order chi connectivity index (χ0) is 21.1. The van der Waals surface area contributed by atoms with Crippen molar-refractivity contribution in [2.24, 2.45) is 5.92 Å². The lowest BCUT2D eigenvalue weighted by Crippen LogP contribution is -2.38. The molecule has 1 aliphatic rings. The zero-order valence-corrected chi connectivity index (χ0v) is 16.5. The van der Waals surface area contributed by atoms with Crippen LogP contribution < -0.4 is 10.2 Å². The lowest BCUT2D eigenvalue weighted by atomic mass is 9.96. The largest absolute Gasteiger partial charge is 0.398 e. The minimum absolute atomic E-state index is 0.182. The number of anilines is 2. The summed E-state index contributed by atoms with van der Waals surface area (Å²) < 4.78 is 39.0. The summed E-state index contributed by atoms with van der Waals surface area (Å²) in [6.07, 6.45) is -3.05. The number of thioether (sulfide) groups is 1. The first-order valence-corrected chi connectivity index (χ1v) is 10.3. The summed E-state index contributed by atoms with van der Waals surface area (Å²) in [5.74, 6) is -0.684. The van der Waals surface area contributed by atoms with Crippen LogP contribution in [0.4, 0.5) is 24.7 Å². The van der Waals surface area contributed by atoms with Gasteiger partial charge in [0, 0.05) is 23.9 Å². The number of carbonyl (C=O) groups is 1. The quantitative estimate of drug-likeness (QED) is 0.614. The van der Waals surface area contributed by atoms with E-state index in [1.54, 1.807) is 30.3 Å². The Balaban J connectivity index is 1.35. The first kappa shape index (κ1) is 20.4. The van der Waals surface area contributed by atoms with Gasteiger partial charge in [-0.2, -0.15) is 13.2 Å². The van der Waals surface area contributed by atoms with Gasteiger partial charge in [-0.3, -0.25) is 4.79 Å². The summed E-state index contributed by atoms with van der Waals surface area (Å²) in [6, 6.07) is 10.2. The standard InChI is InChI=1S/C18H18F3N7OS/c19-18(20,21)11-30-14-4-2-1-3-13(14)22-17(29)12-7-9-27(10-8-12)16-6-5-15-23-25-26-28(15)24-16/h1-6,12H,7-11H2,(H,22,29). The number of amides is 1. The molecule has 8 nitrogen and oxygen atoms in total. The second-order valence-electron chi connectivity index (χ2n) is 6.87. The van der Waals surface area contributed by atoms with E-state index in [9.17, 15) is 18.0 Å². The molecule has 0 spiro atoms. The molecule has 1 aliphatic heterocycles. The third-order valence-electron chi connectivity index (χ3n) is 4.78. The molecule has 0 saturated carbocycles. The van der Waals surface area contributed by atoms with Gasteiger partial charge in [-0.15, -0.1) is 26.6 Å². The Hall–Kier alpha value is -2.89. The van der Waals surface area contributed by atoms with Crippen molar-refractivity contribution in [1.29, 1.82) is 0 Å². The minimum Gasteiger partial charge on any atom is -0.355 e. The Bertz CT molecular complexity index is 1030. The SMILES string of the molecule is O=C(Nc1ccccc1SCC(F)(F)F)C1CCN(c2ccc3nnnn3n2)CC1. The molecule has 158 valence electrons. The molecule has 1 fully saturated rings. The van der Waals surface area contributed by atoms with Crippen LogP contribution in [0.2, 0.25) is 0 Å². The van der Waals surface area contributed by atoms with Gasteiger partial charge >= 0.3 is 6.18 Å². The predicted molar refractivity (Wildman–Crippen MR) is 105 cm³/mol. The summed E-state index contributed by atoms with van der Waals surface area (Å²) in [7, 11) is 0. The Morgan fingerprint density at radius 1 is 1.17 bits per heavy atom. The van der Waals surface area contributed by atoms with Crippen LogP contribution in [0.15, 0.2) is 41.3 Å². The summed E-state index contributed by atoms with van der Waals surface area (Å²) in [4.78, 5) is 15.2. The molecule has 0 aliphatic carbocycles.